The van der Waals surface area contributed by atoms with E-state index in [1.807, 2.05) is 6.07 Å². The maximum atomic E-state index is 11.5. The molecule has 0 saturated heterocycles. The fourth-order valence-corrected chi connectivity index (χ4v) is 4.22. The van der Waals surface area contributed by atoms with Gasteiger partial charge in [-0.15, -0.1) is 0 Å². The number of carboxylic acids is 1. The molecular weight excluding hydrogens is 507 g/mol. The molecule has 0 radical (unpaired) electrons. The fourth-order valence-electron chi connectivity index (χ4n) is 3.96. The van der Waals surface area contributed by atoms with Gasteiger partial charge in [-0.3, -0.25) is 28.5 Å². The number of fused-ring (bicyclic) bond motifs is 1. The summed E-state index contributed by atoms with van der Waals surface area (Å²) in [7, 11) is -2.95. The molecule has 1 aliphatic heterocycles. The number of carbonyl (C=O) groups is 1. The molecule has 3 aromatic carbocycles. The number of anilines is 4. The van der Waals surface area contributed by atoms with Crippen molar-refractivity contribution in [1.82, 2.24) is 0 Å². The average molecular weight is 534 g/mol. The quantitative estimate of drug-likeness (QED) is 0.205. The lowest BCUT2D eigenvalue weighted by Gasteiger charge is -2.29. The van der Waals surface area contributed by atoms with E-state index in [2.05, 4.69) is 9.84 Å². The standard InChI is InChI=1S/C13H12N2O4.C10H15N2O5P/c14-10-11(13(19)12(10)18)15(7-9(16)17)6-8-4-2-1-3-5-8;13-9-7-8(10(9)14)12(4-2-1-3-11-7)5-6-17-18(15)16/h1-5H,6-7,14H2,(H,16,17);11,18H,1-6H2,(H,15,16). The summed E-state index contributed by atoms with van der Waals surface area (Å²) >= 11 is 0. The summed E-state index contributed by atoms with van der Waals surface area (Å²) in [5, 5.41) is 11.8. The molecule has 1 atom stereocenters. The number of rotatable bonds is 9. The van der Waals surface area contributed by atoms with Crippen molar-refractivity contribution in [1.29, 1.82) is 0 Å². The van der Waals surface area contributed by atoms with Crippen LogP contribution in [-0.4, -0.2) is 48.8 Å². The normalized spacial score (nSPS) is 14.0. The second kappa shape index (κ2) is 12.4. The molecule has 37 heavy (non-hydrogen) atoms. The number of hydrogen-bond donors (Lipinski definition) is 4. The van der Waals surface area contributed by atoms with Gasteiger partial charge in [-0.05, 0) is 18.4 Å². The van der Waals surface area contributed by atoms with Crippen LogP contribution in [0.5, 0.6) is 0 Å². The van der Waals surface area contributed by atoms with Crippen LogP contribution >= 0.6 is 8.25 Å². The van der Waals surface area contributed by atoms with Crippen molar-refractivity contribution in [3.05, 3.63) is 76.8 Å². The number of aliphatic carboxylic acids is 1. The number of benzene rings is 1. The molecule has 1 aliphatic rings. The van der Waals surface area contributed by atoms with Crippen molar-refractivity contribution in [3.8, 4) is 0 Å². The highest BCUT2D eigenvalue weighted by atomic mass is 31.1. The van der Waals surface area contributed by atoms with Crippen LogP contribution in [0, 0.1) is 0 Å². The molecule has 0 aliphatic carbocycles. The SMILES string of the molecule is Nc1c(N(CC(=O)O)Cc2ccccc2)c(=O)c1=O.O=c1c2c(c1=O)N(CCO[PH](=O)O)CCCCN2. The third-order valence-corrected chi connectivity index (χ3v) is 6.18. The summed E-state index contributed by atoms with van der Waals surface area (Å²) in [6.45, 7) is 1.55. The number of nitrogen functional groups attached to an aromatic ring is 1. The van der Waals surface area contributed by atoms with Crippen molar-refractivity contribution in [2.24, 2.45) is 0 Å². The zero-order valence-electron chi connectivity index (χ0n) is 19.8. The monoisotopic (exact) mass is 534 g/mol. The van der Waals surface area contributed by atoms with Crippen LogP contribution in [0.2, 0.25) is 0 Å². The summed E-state index contributed by atoms with van der Waals surface area (Å²) in [4.78, 5) is 67.9. The maximum absolute atomic E-state index is 11.5. The molecule has 0 amide bonds. The Bertz CT molecular complexity index is 1410. The van der Waals surface area contributed by atoms with Gasteiger partial charge in [-0.2, -0.15) is 0 Å². The van der Waals surface area contributed by atoms with Gasteiger partial charge in [0.2, 0.25) is 0 Å². The van der Waals surface area contributed by atoms with E-state index in [4.69, 9.17) is 15.7 Å². The third-order valence-electron chi connectivity index (χ3n) is 5.72. The Morgan fingerprint density at radius 3 is 2.41 bits per heavy atom. The second-order valence-corrected chi connectivity index (χ2v) is 9.09. The smallest absolute Gasteiger partial charge is 0.323 e. The summed E-state index contributed by atoms with van der Waals surface area (Å²) in [6.07, 6.45) is 1.80. The highest BCUT2D eigenvalue weighted by Crippen LogP contribution is 2.23. The molecule has 198 valence electrons. The molecule has 0 bridgehead atoms. The van der Waals surface area contributed by atoms with Crippen molar-refractivity contribution >= 4 is 37.0 Å². The van der Waals surface area contributed by atoms with E-state index >= 15 is 0 Å². The Kier molecular flexibility index (Phi) is 9.34. The summed E-state index contributed by atoms with van der Waals surface area (Å²) < 4.78 is 15.0. The predicted molar refractivity (Wildman–Crippen MR) is 139 cm³/mol. The summed E-state index contributed by atoms with van der Waals surface area (Å²) in [6, 6.07) is 9.04. The molecular formula is C23H27N4O9P. The number of nitrogens with zero attached hydrogens (tertiary/aromatic N) is 2. The molecule has 0 spiro atoms. The van der Waals surface area contributed by atoms with Crippen LogP contribution < -0.4 is 42.6 Å². The van der Waals surface area contributed by atoms with Crippen LogP contribution in [0.1, 0.15) is 18.4 Å². The molecule has 0 fully saturated rings. The molecule has 1 unspecified atom stereocenters. The minimum absolute atomic E-state index is 0.00347. The molecule has 0 aromatic heterocycles. The third kappa shape index (κ3) is 6.70. The van der Waals surface area contributed by atoms with Crippen LogP contribution in [0.15, 0.2) is 49.5 Å². The van der Waals surface area contributed by atoms with E-state index in [1.165, 1.54) is 4.90 Å². The van der Waals surface area contributed by atoms with Crippen LogP contribution in [-0.2, 0) is 20.4 Å². The first-order valence-corrected chi connectivity index (χ1v) is 12.7. The number of nitrogens with two attached hydrogens (primary N) is 1. The highest BCUT2D eigenvalue weighted by molar-refractivity contribution is 7.32. The number of carboxylic acid groups (broad SMARTS) is 1. The molecule has 0 saturated carbocycles. The molecule has 13 nitrogen and oxygen atoms in total. The second-order valence-electron chi connectivity index (χ2n) is 8.27. The highest BCUT2D eigenvalue weighted by Gasteiger charge is 2.27. The van der Waals surface area contributed by atoms with Crippen molar-refractivity contribution in [2.45, 2.75) is 19.4 Å². The molecule has 5 N–H and O–H groups in total. The largest absolute Gasteiger partial charge is 0.480 e. The van der Waals surface area contributed by atoms with Gasteiger partial charge in [0.05, 0.1) is 6.61 Å². The van der Waals surface area contributed by atoms with Gasteiger partial charge in [-0.1, -0.05) is 30.3 Å². The number of hydrogen-bond acceptors (Lipinski definition) is 11. The topological polar surface area (TPSA) is 197 Å². The van der Waals surface area contributed by atoms with Crippen LogP contribution in [0.3, 0.4) is 0 Å². The Morgan fingerprint density at radius 1 is 1.08 bits per heavy atom. The van der Waals surface area contributed by atoms with Crippen LogP contribution in [0.4, 0.5) is 22.7 Å². The lowest BCUT2D eigenvalue weighted by Crippen LogP contribution is -2.45. The Morgan fingerprint density at radius 2 is 1.78 bits per heavy atom. The van der Waals surface area contributed by atoms with E-state index in [0.717, 1.165) is 18.4 Å². The Hall–Kier alpha value is -3.80. The maximum Gasteiger partial charge on any atom is 0.323 e. The van der Waals surface area contributed by atoms with Gasteiger partial charge >= 0.3 is 14.2 Å². The molecule has 4 rings (SSSR count). The molecule has 14 heteroatoms. The fraction of sp³-hybridized carbons (Fsp3) is 0.348. The zero-order valence-corrected chi connectivity index (χ0v) is 20.8. The van der Waals surface area contributed by atoms with E-state index in [1.54, 1.807) is 29.2 Å². The summed E-state index contributed by atoms with van der Waals surface area (Å²) in [5.74, 6) is -1.09. The van der Waals surface area contributed by atoms with Gasteiger partial charge in [-0.25, -0.2) is 0 Å². The van der Waals surface area contributed by atoms with E-state index in [9.17, 15) is 28.5 Å². The molecule has 3 aromatic rings. The van der Waals surface area contributed by atoms with E-state index in [0.29, 0.717) is 31.0 Å². The zero-order chi connectivity index (χ0) is 27.1. The molecule has 1 heterocycles. The number of nitrogens with one attached hydrogen (secondary N) is 1. The Labute approximate surface area is 211 Å². The van der Waals surface area contributed by atoms with E-state index in [-0.39, 0.29) is 31.1 Å². The van der Waals surface area contributed by atoms with Gasteiger partial charge in [0.15, 0.2) is 0 Å². The summed E-state index contributed by atoms with van der Waals surface area (Å²) in [5.41, 5.74) is 4.44. The van der Waals surface area contributed by atoms with Crippen molar-refractivity contribution < 1.29 is 23.9 Å². The van der Waals surface area contributed by atoms with Gasteiger partial charge in [0, 0.05) is 26.2 Å². The van der Waals surface area contributed by atoms with Crippen molar-refractivity contribution in [3.63, 3.8) is 0 Å². The van der Waals surface area contributed by atoms with E-state index < -0.39 is 35.9 Å². The minimum atomic E-state index is -2.95. The lowest BCUT2D eigenvalue weighted by molar-refractivity contribution is -0.135. The first-order chi connectivity index (χ1) is 17.6. The lowest BCUT2D eigenvalue weighted by atomic mass is 10.1. The first-order valence-electron chi connectivity index (χ1n) is 11.4. The Balaban J connectivity index is 0.000000206. The van der Waals surface area contributed by atoms with Gasteiger partial charge in [0.25, 0.3) is 21.7 Å². The van der Waals surface area contributed by atoms with Crippen LogP contribution in [0.25, 0.3) is 0 Å². The average Bonchev–Trinajstić information content (AvgIpc) is 2.85. The van der Waals surface area contributed by atoms with Gasteiger partial charge < -0.3 is 35.4 Å². The predicted octanol–water partition coefficient (Wildman–Crippen LogP) is -0.351. The van der Waals surface area contributed by atoms with Crippen molar-refractivity contribution in [2.75, 3.05) is 53.6 Å². The minimum Gasteiger partial charge on any atom is -0.480 e. The first kappa shape index (κ1) is 27.8. The van der Waals surface area contributed by atoms with Gasteiger partial charge in [0.1, 0.15) is 29.3 Å².